The molecule has 2 N–H and O–H groups in total. The van der Waals surface area contributed by atoms with Gasteiger partial charge in [0.05, 0.1) is 0 Å². The zero-order chi connectivity index (χ0) is 12.5. The Morgan fingerprint density at radius 1 is 1.33 bits per heavy atom. The molecule has 1 amide bonds. The van der Waals surface area contributed by atoms with Crippen molar-refractivity contribution >= 4 is 5.91 Å². The highest BCUT2D eigenvalue weighted by Crippen LogP contribution is 2.40. The first-order chi connectivity index (χ1) is 8.75. The topological polar surface area (TPSA) is 41.1 Å². The minimum absolute atomic E-state index is 0.142. The zero-order valence-electron chi connectivity index (χ0n) is 10.7. The van der Waals surface area contributed by atoms with Crippen LogP contribution in [0.3, 0.4) is 0 Å². The molecule has 1 heterocycles. The van der Waals surface area contributed by atoms with E-state index in [4.69, 9.17) is 0 Å². The minimum Gasteiger partial charge on any atom is -0.352 e. The van der Waals surface area contributed by atoms with E-state index in [9.17, 15) is 4.79 Å². The van der Waals surface area contributed by atoms with Crippen LogP contribution in [0, 0.1) is 11.8 Å². The van der Waals surface area contributed by atoms with E-state index in [0.29, 0.717) is 17.9 Å². The van der Waals surface area contributed by atoms with Crippen LogP contribution in [0.2, 0.25) is 0 Å². The average molecular weight is 244 g/mol. The molecule has 3 heteroatoms. The van der Waals surface area contributed by atoms with Gasteiger partial charge in [-0.2, -0.15) is 0 Å². The van der Waals surface area contributed by atoms with Gasteiger partial charge in [0.2, 0.25) is 5.91 Å². The first-order valence-corrected chi connectivity index (χ1v) is 6.81. The molecule has 3 atom stereocenters. The normalized spacial score (nSPS) is 28.3. The summed E-state index contributed by atoms with van der Waals surface area (Å²) in [5.41, 5.74) is 1.35. The van der Waals surface area contributed by atoms with Gasteiger partial charge in [-0.15, -0.1) is 0 Å². The number of nitrogens with one attached hydrogen (secondary N) is 2. The summed E-state index contributed by atoms with van der Waals surface area (Å²) < 4.78 is 0. The third kappa shape index (κ3) is 2.27. The Bertz CT molecular complexity index is 427. The van der Waals surface area contributed by atoms with Gasteiger partial charge in [-0.1, -0.05) is 37.3 Å². The van der Waals surface area contributed by atoms with Crippen LogP contribution in [0.1, 0.15) is 24.8 Å². The van der Waals surface area contributed by atoms with Crippen molar-refractivity contribution in [3.05, 3.63) is 35.9 Å². The van der Waals surface area contributed by atoms with Crippen LogP contribution < -0.4 is 10.6 Å². The second kappa shape index (κ2) is 4.73. The molecule has 2 fully saturated rings. The standard InChI is InChI=1S/C15H20N2O/c1-10(12-8-16-9-12)15(18)17-14-7-13(14)11-5-3-2-4-6-11/h2-6,10,12-14,16H,7-9H2,1H3,(H,17,18). The lowest BCUT2D eigenvalue weighted by Gasteiger charge is -2.31. The minimum atomic E-state index is 0.142. The summed E-state index contributed by atoms with van der Waals surface area (Å²) >= 11 is 0. The van der Waals surface area contributed by atoms with Crippen molar-refractivity contribution in [3.63, 3.8) is 0 Å². The summed E-state index contributed by atoms with van der Waals surface area (Å²) in [5, 5.41) is 6.41. The zero-order valence-corrected chi connectivity index (χ0v) is 10.7. The summed E-state index contributed by atoms with van der Waals surface area (Å²) in [4.78, 5) is 12.1. The molecule has 3 rings (SSSR count). The van der Waals surface area contributed by atoms with E-state index in [1.165, 1.54) is 5.56 Å². The van der Waals surface area contributed by atoms with Crippen molar-refractivity contribution in [2.45, 2.75) is 25.3 Å². The Balaban J connectivity index is 1.51. The van der Waals surface area contributed by atoms with Gasteiger partial charge in [-0.05, 0) is 31.0 Å². The second-order valence-corrected chi connectivity index (χ2v) is 5.57. The third-order valence-electron chi connectivity index (χ3n) is 4.28. The smallest absolute Gasteiger partial charge is 0.223 e. The van der Waals surface area contributed by atoms with Crippen molar-refractivity contribution in [1.82, 2.24) is 10.6 Å². The Labute approximate surface area is 108 Å². The van der Waals surface area contributed by atoms with Crippen molar-refractivity contribution in [3.8, 4) is 0 Å². The first-order valence-electron chi connectivity index (χ1n) is 6.81. The average Bonchev–Trinajstić information content (AvgIpc) is 3.07. The van der Waals surface area contributed by atoms with E-state index in [-0.39, 0.29) is 11.8 Å². The fourth-order valence-electron chi connectivity index (χ4n) is 2.62. The number of rotatable bonds is 4. The fourth-order valence-corrected chi connectivity index (χ4v) is 2.62. The van der Waals surface area contributed by atoms with Crippen LogP contribution in [-0.4, -0.2) is 25.0 Å². The van der Waals surface area contributed by atoms with Crippen molar-refractivity contribution in [2.24, 2.45) is 11.8 Å². The Morgan fingerprint density at radius 3 is 2.67 bits per heavy atom. The van der Waals surface area contributed by atoms with Crippen LogP contribution in [0.4, 0.5) is 0 Å². The predicted molar refractivity (Wildman–Crippen MR) is 71.3 cm³/mol. The molecule has 1 saturated heterocycles. The second-order valence-electron chi connectivity index (χ2n) is 5.57. The quantitative estimate of drug-likeness (QED) is 0.843. The lowest BCUT2D eigenvalue weighted by Crippen LogP contribution is -2.50. The molecule has 1 saturated carbocycles. The van der Waals surface area contributed by atoms with E-state index in [0.717, 1.165) is 19.5 Å². The molecule has 1 aromatic carbocycles. The Hall–Kier alpha value is -1.35. The molecule has 1 aliphatic heterocycles. The van der Waals surface area contributed by atoms with Gasteiger partial charge >= 0.3 is 0 Å². The molecule has 1 aromatic rings. The molecule has 96 valence electrons. The number of carbonyl (C=O) groups excluding carboxylic acids is 1. The van der Waals surface area contributed by atoms with E-state index < -0.39 is 0 Å². The molecule has 3 unspecified atom stereocenters. The maximum atomic E-state index is 12.1. The first kappa shape index (κ1) is 11.7. The molecular formula is C15H20N2O. The van der Waals surface area contributed by atoms with E-state index in [2.05, 4.69) is 34.9 Å². The van der Waals surface area contributed by atoms with Crippen LogP contribution in [0.5, 0.6) is 0 Å². The third-order valence-corrected chi connectivity index (χ3v) is 4.28. The molecule has 18 heavy (non-hydrogen) atoms. The van der Waals surface area contributed by atoms with Gasteiger partial charge in [0.15, 0.2) is 0 Å². The van der Waals surface area contributed by atoms with Crippen molar-refractivity contribution < 1.29 is 4.79 Å². The summed E-state index contributed by atoms with van der Waals surface area (Å²) in [6, 6.07) is 10.8. The van der Waals surface area contributed by atoms with Crippen molar-refractivity contribution in [2.75, 3.05) is 13.1 Å². The van der Waals surface area contributed by atoms with Crippen LogP contribution >= 0.6 is 0 Å². The van der Waals surface area contributed by atoms with E-state index >= 15 is 0 Å². The molecule has 0 spiro atoms. The van der Waals surface area contributed by atoms with Crippen LogP contribution in [-0.2, 0) is 4.79 Å². The van der Waals surface area contributed by atoms with Gasteiger partial charge < -0.3 is 10.6 Å². The largest absolute Gasteiger partial charge is 0.352 e. The van der Waals surface area contributed by atoms with E-state index in [1.807, 2.05) is 13.0 Å². The van der Waals surface area contributed by atoms with Crippen LogP contribution in [0.15, 0.2) is 30.3 Å². The molecular weight excluding hydrogens is 224 g/mol. The molecule has 1 aliphatic carbocycles. The molecule has 3 nitrogen and oxygen atoms in total. The highest BCUT2D eigenvalue weighted by molar-refractivity contribution is 5.79. The number of benzene rings is 1. The molecule has 0 aromatic heterocycles. The number of hydrogen-bond donors (Lipinski definition) is 2. The van der Waals surface area contributed by atoms with Gasteiger partial charge in [0.25, 0.3) is 0 Å². The Kier molecular flexibility index (Phi) is 3.08. The number of hydrogen-bond acceptors (Lipinski definition) is 2. The van der Waals surface area contributed by atoms with Crippen molar-refractivity contribution in [1.29, 1.82) is 0 Å². The SMILES string of the molecule is CC(C(=O)NC1CC1c1ccccc1)C1CNC1. The lowest BCUT2D eigenvalue weighted by molar-refractivity contribution is -0.126. The maximum absolute atomic E-state index is 12.1. The monoisotopic (exact) mass is 244 g/mol. The highest BCUT2D eigenvalue weighted by Gasteiger charge is 2.41. The maximum Gasteiger partial charge on any atom is 0.223 e. The predicted octanol–water partition coefficient (Wildman–Crippen LogP) is 1.51. The van der Waals surface area contributed by atoms with Gasteiger partial charge in [0.1, 0.15) is 0 Å². The van der Waals surface area contributed by atoms with E-state index in [1.54, 1.807) is 0 Å². The van der Waals surface area contributed by atoms with Gasteiger partial charge in [-0.3, -0.25) is 4.79 Å². The summed E-state index contributed by atoms with van der Waals surface area (Å²) in [6.45, 7) is 4.02. The number of carbonyl (C=O) groups is 1. The highest BCUT2D eigenvalue weighted by atomic mass is 16.2. The fraction of sp³-hybridized carbons (Fsp3) is 0.533. The summed E-state index contributed by atoms with van der Waals surface area (Å²) in [7, 11) is 0. The summed E-state index contributed by atoms with van der Waals surface area (Å²) in [6.07, 6.45) is 1.09. The molecule has 0 bridgehead atoms. The van der Waals surface area contributed by atoms with Gasteiger partial charge in [-0.25, -0.2) is 0 Å². The van der Waals surface area contributed by atoms with Crippen LogP contribution in [0.25, 0.3) is 0 Å². The molecule has 0 radical (unpaired) electrons. The lowest BCUT2D eigenvalue weighted by atomic mass is 9.88. The Morgan fingerprint density at radius 2 is 2.06 bits per heavy atom. The number of amides is 1. The van der Waals surface area contributed by atoms with Gasteiger partial charge in [0, 0.05) is 17.9 Å². The summed E-state index contributed by atoms with van der Waals surface area (Å²) in [5.74, 6) is 1.42. The molecule has 2 aliphatic rings.